The minimum atomic E-state index is 0.0209. The zero-order valence-electron chi connectivity index (χ0n) is 22.5. The SMILES string of the molecule is CCc1ccc(OCCCn2c(CCNC(=O)Cc3ccc(-c4ccccc4)cc3)nc3ccccc32)cc1. The number of nitrogens with one attached hydrogen (secondary N) is 1. The van der Waals surface area contributed by atoms with Crippen molar-refractivity contribution < 1.29 is 9.53 Å². The third-order valence-corrected chi connectivity index (χ3v) is 6.96. The molecular weight excluding hydrogens is 482 g/mol. The summed E-state index contributed by atoms with van der Waals surface area (Å²) in [6.45, 7) is 4.14. The van der Waals surface area contributed by atoms with Crippen molar-refractivity contribution in [3.8, 4) is 16.9 Å². The zero-order chi connectivity index (χ0) is 26.9. The fourth-order valence-electron chi connectivity index (χ4n) is 4.81. The summed E-state index contributed by atoms with van der Waals surface area (Å²) in [4.78, 5) is 17.5. The fraction of sp³-hybridized carbons (Fsp3) is 0.235. The van der Waals surface area contributed by atoms with E-state index in [-0.39, 0.29) is 5.91 Å². The second-order valence-electron chi connectivity index (χ2n) is 9.71. The van der Waals surface area contributed by atoms with Gasteiger partial charge in [-0.2, -0.15) is 0 Å². The topological polar surface area (TPSA) is 56.1 Å². The summed E-state index contributed by atoms with van der Waals surface area (Å²) >= 11 is 0. The molecule has 1 N–H and O–H groups in total. The molecule has 0 radical (unpaired) electrons. The lowest BCUT2D eigenvalue weighted by molar-refractivity contribution is -0.120. The Bertz CT molecular complexity index is 1490. The van der Waals surface area contributed by atoms with E-state index in [0.29, 0.717) is 26.0 Å². The standard InChI is InChI=1S/C34H35N3O2/c1-2-26-15-19-30(20-16-26)39-24-8-23-37-32-12-7-6-11-31(32)36-33(37)21-22-35-34(38)25-27-13-17-29(18-14-27)28-9-4-3-5-10-28/h3-7,9-20H,2,8,21-25H2,1H3,(H,35,38). The van der Waals surface area contributed by atoms with Gasteiger partial charge in [-0.25, -0.2) is 4.98 Å². The van der Waals surface area contributed by atoms with E-state index in [0.717, 1.165) is 53.1 Å². The summed E-state index contributed by atoms with van der Waals surface area (Å²) in [5, 5.41) is 3.08. The molecule has 0 unspecified atom stereocenters. The summed E-state index contributed by atoms with van der Waals surface area (Å²) in [7, 11) is 0. The first-order valence-corrected chi connectivity index (χ1v) is 13.8. The molecule has 1 amide bonds. The Morgan fingerprint density at radius 2 is 1.51 bits per heavy atom. The first kappa shape index (κ1) is 26.2. The van der Waals surface area contributed by atoms with Crippen molar-refractivity contribution in [2.75, 3.05) is 13.2 Å². The normalized spacial score (nSPS) is 11.0. The van der Waals surface area contributed by atoms with Gasteiger partial charge in [0.1, 0.15) is 11.6 Å². The van der Waals surface area contributed by atoms with Gasteiger partial charge >= 0.3 is 0 Å². The van der Waals surface area contributed by atoms with Crippen molar-refractivity contribution >= 4 is 16.9 Å². The molecule has 5 nitrogen and oxygen atoms in total. The Kier molecular flexibility index (Phi) is 8.69. The zero-order valence-corrected chi connectivity index (χ0v) is 22.5. The summed E-state index contributed by atoms with van der Waals surface area (Å²) in [6, 6.07) is 35.0. The Morgan fingerprint density at radius 1 is 0.821 bits per heavy atom. The van der Waals surface area contributed by atoms with Crippen LogP contribution in [0, 0.1) is 0 Å². The average molecular weight is 518 g/mol. The highest BCUT2D eigenvalue weighted by atomic mass is 16.5. The molecule has 5 aromatic rings. The van der Waals surface area contributed by atoms with E-state index in [1.165, 1.54) is 11.1 Å². The van der Waals surface area contributed by atoms with Crippen LogP contribution >= 0.6 is 0 Å². The van der Waals surface area contributed by atoms with Crippen molar-refractivity contribution in [3.63, 3.8) is 0 Å². The number of carbonyl (C=O) groups excluding carboxylic acids is 1. The molecule has 0 aliphatic rings. The van der Waals surface area contributed by atoms with Crippen molar-refractivity contribution in [3.05, 3.63) is 120 Å². The number of aromatic nitrogens is 2. The third-order valence-electron chi connectivity index (χ3n) is 6.96. The van der Waals surface area contributed by atoms with E-state index in [1.54, 1.807) is 0 Å². The van der Waals surface area contributed by atoms with E-state index in [1.807, 2.05) is 60.7 Å². The quantitative estimate of drug-likeness (QED) is 0.189. The van der Waals surface area contributed by atoms with E-state index in [2.05, 4.69) is 59.3 Å². The fourth-order valence-corrected chi connectivity index (χ4v) is 4.81. The molecule has 0 saturated heterocycles. The number of rotatable bonds is 12. The van der Waals surface area contributed by atoms with Crippen LogP contribution in [0.5, 0.6) is 5.75 Å². The molecule has 1 aromatic heterocycles. The molecule has 0 spiro atoms. The second kappa shape index (κ2) is 12.9. The maximum atomic E-state index is 12.6. The molecule has 0 bridgehead atoms. The number of ether oxygens (including phenoxy) is 1. The predicted octanol–water partition coefficient (Wildman–Crippen LogP) is 6.64. The van der Waals surface area contributed by atoms with E-state index in [9.17, 15) is 4.79 Å². The third kappa shape index (κ3) is 6.94. The maximum Gasteiger partial charge on any atom is 0.224 e. The lowest BCUT2D eigenvalue weighted by atomic mass is 10.0. The largest absolute Gasteiger partial charge is 0.494 e. The van der Waals surface area contributed by atoms with Gasteiger partial charge in [0.05, 0.1) is 24.1 Å². The molecule has 0 saturated carbocycles. The molecule has 5 rings (SSSR count). The van der Waals surface area contributed by atoms with Crippen molar-refractivity contribution in [1.82, 2.24) is 14.9 Å². The van der Waals surface area contributed by atoms with Crippen LogP contribution in [-0.2, 0) is 30.6 Å². The number of aryl methyl sites for hydroxylation is 2. The van der Waals surface area contributed by atoms with Gasteiger partial charge in [0.2, 0.25) is 5.91 Å². The average Bonchev–Trinajstić information content (AvgIpc) is 3.33. The van der Waals surface area contributed by atoms with Crippen molar-refractivity contribution in [2.45, 2.75) is 39.2 Å². The van der Waals surface area contributed by atoms with E-state index < -0.39 is 0 Å². The predicted molar refractivity (Wildman–Crippen MR) is 158 cm³/mol. The number of imidazole rings is 1. The van der Waals surface area contributed by atoms with Crippen LogP contribution in [0.1, 0.15) is 30.3 Å². The number of para-hydroxylation sites is 2. The summed E-state index contributed by atoms with van der Waals surface area (Å²) in [6.07, 6.45) is 2.93. The van der Waals surface area contributed by atoms with Crippen LogP contribution in [0.25, 0.3) is 22.2 Å². The molecule has 0 aliphatic carbocycles. The van der Waals surface area contributed by atoms with Gasteiger partial charge in [0.15, 0.2) is 0 Å². The summed E-state index contributed by atoms with van der Waals surface area (Å²) in [5.41, 5.74) is 6.73. The Hall–Kier alpha value is -4.38. The molecule has 5 heteroatoms. The lowest BCUT2D eigenvalue weighted by Gasteiger charge is -2.11. The van der Waals surface area contributed by atoms with Gasteiger partial charge in [0, 0.05) is 19.5 Å². The van der Waals surface area contributed by atoms with Crippen molar-refractivity contribution in [2.24, 2.45) is 0 Å². The number of hydrogen-bond acceptors (Lipinski definition) is 3. The number of benzene rings is 4. The number of fused-ring (bicyclic) bond motifs is 1. The molecule has 0 atom stereocenters. The monoisotopic (exact) mass is 517 g/mol. The Morgan fingerprint density at radius 3 is 2.28 bits per heavy atom. The van der Waals surface area contributed by atoms with Crippen LogP contribution in [0.4, 0.5) is 0 Å². The minimum absolute atomic E-state index is 0.0209. The first-order chi connectivity index (χ1) is 19.2. The smallest absolute Gasteiger partial charge is 0.224 e. The number of carbonyl (C=O) groups is 1. The van der Waals surface area contributed by atoms with Crippen LogP contribution in [0.3, 0.4) is 0 Å². The van der Waals surface area contributed by atoms with Crippen LogP contribution in [0.15, 0.2) is 103 Å². The molecule has 39 heavy (non-hydrogen) atoms. The highest BCUT2D eigenvalue weighted by Crippen LogP contribution is 2.20. The minimum Gasteiger partial charge on any atom is -0.494 e. The van der Waals surface area contributed by atoms with Crippen LogP contribution < -0.4 is 10.1 Å². The molecule has 0 aliphatic heterocycles. The van der Waals surface area contributed by atoms with Gasteiger partial charge < -0.3 is 14.6 Å². The van der Waals surface area contributed by atoms with Crippen molar-refractivity contribution in [1.29, 1.82) is 0 Å². The van der Waals surface area contributed by atoms with E-state index >= 15 is 0 Å². The number of hydrogen-bond donors (Lipinski definition) is 1. The molecule has 198 valence electrons. The number of nitrogens with zero attached hydrogens (tertiary/aromatic N) is 2. The van der Waals surface area contributed by atoms with Crippen LogP contribution in [-0.4, -0.2) is 28.6 Å². The van der Waals surface area contributed by atoms with Crippen LogP contribution in [0.2, 0.25) is 0 Å². The molecule has 4 aromatic carbocycles. The van der Waals surface area contributed by atoms with Gasteiger partial charge in [-0.1, -0.05) is 85.8 Å². The molecular formula is C34H35N3O2. The van der Waals surface area contributed by atoms with Gasteiger partial charge in [0.25, 0.3) is 0 Å². The maximum absolute atomic E-state index is 12.6. The number of amides is 1. The van der Waals surface area contributed by atoms with Gasteiger partial charge in [-0.3, -0.25) is 4.79 Å². The van der Waals surface area contributed by atoms with E-state index in [4.69, 9.17) is 9.72 Å². The Labute approximate surface area is 230 Å². The Balaban J connectivity index is 1.13. The summed E-state index contributed by atoms with van der Waals surface area (Å²) in [5.74, 6) is 1.91. The first-order valence-electron chi connectivity index (χ1n) is 13.8. The van der Waals surface area contributed by atoms with Gasteiger partial charge in [-0.15, -0.1) is 0 Å². The lowest BCUT2D eigenvalue weighted by Crippen LogP contribution is -2.28. The highest BCUT2D eigenvalue weighted by Gasteiger charge is 2.11. The summed E-state index contributed by atoms with van der Waals surface area (Å²) < 4.78 is 8.22. The highest BCUT2D eigenvalue weighted by molar-refractivity contribution is 5.79. The molecule has 1 heterocycles. The van der Waals surface area contributed by atoms with Gasteiger partial charge in [-0.05, 0) is 59.4 Å². The second-order valence-corrected chi connectivity index (χ2v) is 9.71. The molecule has 0 fully saturated rings.